The number of carbonyl (C=O) groups is 5. The van der Waals surface area contributed by atoms with Crippen LogP contribution in [0.2, 0.25) is 5.02 Å². The number of esters is 1. The van der Waals surface area contributed by atoms with Crippen molar-refractivity contribution in [3.63, 3.8) is 0 Å². The van der Waals surface area contributed by atoms with E-state index in [1.54, 1.807) is 45.9 Å². The molecule has 1 rings (SSSR count). The summed E-state index contributed by atoms with van der Waals surface area (Å²) in [5.74, 6) is -2.46. The van der Waals surface area contributed by atoms with Crippen LogP contribution in [0, 0.1) is 11.8 Å². The molecule has 0 saturated carbocycles. The van der Waals surface area contributed by atoms with Crippen LogP contribution in [0.1, 0.15) is 53.0 Å². The Morgan fingerprint density at radius 2 is 1.46 bits per heavy atom. The molecule has 0 aliphatic heterocycles. The standard InChI is InChI=1S/C29H44ClN5O6/c1-8-9-22(26(37)32-21(14-15-23(36)31-6)16-19-10-12-20(30)13-11-19)33-27(38)24(17(2)3)34-29(40)35-25(18(4)5)28(39)41-7/h10-15,17-18,21-22,24-25H,8-9,16H2,1-7H3,(H,31,36)(H,32,37)(H,33,38)(H2,34,35,40)/b15-14+/t21-,22+,24+,25+/m1/s1. The highest BCUT2D eigenvalue weighted by atomic mass is 35.5. The van der Waals surface area contributed by atoms with E-state index in [0.29, 0.717) is 24.3 Å². The van der Waals surface area contributed by atoms with Gasteiger partial charge in [0.05, 0.1) is 13.2 Å². The summed E-state index contributed by atoms with van der Waals surface area (Å²) in [5, 5.41) is 13.9. The van der Waals surface area contributed by atoms with Crippen molar-refractivity contribution < 1.29 is 28.7 Å². The minimum absolute atomic E-state index is 0.240. The summed E-state index contributed by atoms with van der Waals surface area (Å²) in [6.45, 7) is 8.91. The van der Waals surface area contributed by atoms with Crippen LogP contribution in [0.4, 0.5) is 4.79 Å². The fourth-order valence-corrected chi connectivity index (χ4v) is 4.04. The number of rotatable bonds is 15. The first-order valence-corrected chi connectivity index (χ1v) is 14.1. The minimum atomic E-state index is -0.981. The summed E-state index contributed by atoms with van der Waals surface area (Å²) in [5.41, 5.74) is 0.888. The molecule has 12 heteroatoms. The van der Waals surface area contributed by atoms with Crippen molar-refractivity contribution in [1.82, 2.24) is 26.6 Å². The lowest BCUT2D eigenvalue weighted by Gasteiger charge is -2.27. The van der Waals surface area contributed by atoms with Crippen LogP contribution in [-0.4, -0.2) is 68.0 Å². The fraction of sp³-hybridized carbons (Fsp3) is 0.552. The molecular weight excluding hydrogens is 550 g/mol. The van der Waals surface area contributed by atoms with Gasteiger partial charge < -0.3 is 31.3 Å². The van der Waals surface area contributed by atoms with E-state index in [0.717, 1.165) is 5.56 Å². The number of hydrogen-bond acceptors (Lipinski definition) is 6. The second kappa shape index (κ2) is 18.0. The lowest BCUT2D eigenvalue weighted by atomic mass is 10.0. The van der Waals surface area contributed by atoms with Crippen LogP contribution in [0.15, 0.2) is 36.4 Å². The Hall–Kier alpha value is -3.60. The summed E-state index contributed by atoms with van der Waals surface area (Å²) >= 11 is 5.99. The summed E-state index contributed by atoms with van der Waals surface area (Å²) in [6, 6.07) is 3.11. The van der Waals surface area contributed by atoms with Crippen molar-refractivity contribution in [2.24, 2.45) is 11.8 Å². The third kappa shape index (κ3) is 12.6. The Labute approximate surface area is 247 Å². The predicted molar refractivity (Wildman–Crippen MR) is 158 cm³/mol. The zero-order valence-electron chi connectivity index (χ0n) is 24.9. The molecule has 0 aromatic heterocycles. The highest BCUT2D eigenvalue weighted by Crippen LogP contribution is 2.12. The molecule has 5 amide bonds. The topological polar surface area (TPSA) is 155 Å². The largest absolute Gasteiger partial charge is 0.467 e. The molecule has 228 valence electrons. The SMILES string of the molecule is CCC[C@H](NC(=O)[C@@H](NC(=O)N[C@H](C(=O)OC)C(C)C)C(C)C)C(=O)N[C@H](/C=C/C(=O)NC)Cc1ccc(Cl)cc1. The Bertz CT molecular complexity index is 1060. The first-order valence-electron chi connectivity index (χ1n) is 13.7. The number of nitrogens with one attached hydrogen (secondary N) is 5. The van der Waals surface area contributed by atoms with Crippen molar-refractivity contribution in [2.75, 3.05) is 14.2 Å². The van der Waals surface area contributed by atoms with Crippen LogP contribution in [0.3, 0.4) is 0 Å². The molecule has 11 nitrogen and oxygen atoms in total. The third-order valence-electron chi connectivity index (χ3n) is 6.28. The second-order valence-corrected chi connectivity index (χ2v) is 10.8. The zero-order chi connectivity index (χ0) is 31.1. The average Bonchev–Trinajstić information content (AvgIpc) is 2.93. The van der Waals surface area contributed by atoms with Crippen LogP contribution < -0.4 is 26.6 Å². The molecule has 0 bridgehead atoms. The molecule has 0 heterocycles. The summed E-state index contributed by atoms with van der Waals surface area (Å²) < 4.78 is 4.75. The summed E-state index contributed by atoms with van der Waals surface area (Å²) in [7, 11) is 2.74. The number of likely N-dealkylation sites (N-methyl/N-ethyl adjacent to an activating group) is 1. The van der Waals surface area contributed by atoms with Gasteiger partial charge in [0.1, 0.15) is 18.1 Å². The lowest BCUT2D eigenvalue weighted by Crippen LogP contribution is -2.59. The molecule has 0 spiro atoms. The first kappa shape index (κ1) is 35.4. The Kier molecular flexibility index (Phi) is 15.5. The number of urea groups is 1. The van der Waals surface area contributed by atoms with Crippen LogP contribution >= 0.6 is 11.6 Å². The van der Waals surface area contributed by atoms with Gasteiger partial charge in [-0.3, -0.25) is 14.4 Å². The normalized spacial score (nSPS) is 14.1. The van der Waals surface area contributed by atoms with Crippen molar-refractivity contribution in [1.29, 1.82) is 0 Å². The molecular formula is C29H44ClN5O6. The van der Waals surface area contributed by atoms with Gasteiger partial charge in [-0.1, -0.05) is 70.8 Å². The van der Waals surface area contributed by atoms with Crippen molar-refractivity contribution in [3.8, 4) is 0 Å². The third-order valence-corrected chi connectivity index (χ3v) is 6.53. The minimum Gasteiger partial charge on any atom is -0.467 e. The molecule has 1 aromatic carbocycles. The van der Waals surface area contributed by atoms with Gasteiger partial charge in [0.2, 0.25) is 17.7 Å². The lowest BCUT2D eigenvalue weighted by molar-refractivity contribution is -0.144. The highest BCUT2D eigenvalue weighted by molar-refractivity contribution is 6.30. The molecule has 4 atom stereocenters. The number of hydrogen-bond donors (Lipinski definition) is 5. The number of carbonyl (C=O) groups excluding carboxylic acids is 5. The Morgan fingerprint density at radius 1 is 0.878 bits per heavy atom. The van der Waals surface area contributed by atoms with E-state index in [-0.39, 0.29) is 17.7 Å². The Balaban J connectivity index is 3.04. The van der Waals surface area contributed by atoms with E-state index in [1.807, 2.05) is 19.1 Å². The molecule has 0 radical (unpaired) electrons. The zero-order valence-corrected chi connectivity index (χ0v) is 25.6. The molecule has 1 aromatic rings. The number of methoxy groups -OCH3 is 1. The van der Waals surface area contributed by atoms with Gasteiger partial charge in [0.15, 0.2) is 0 Å². The van der Waals surface area contributed by atoms with Crippen LogP contribution in [-0.2, 0) is 30.3 Å². The maximum Gasteiger partial charge on any atom is 0.328 e. The van der Waals surface area contributed by atoms with Crippen molar-refractivity contribution in [3.05, 3.63) is 47.0 Å². The predicted octanol–water partition coefficient (Wildman–Crippen LogP) is 2.48. The maximum atomic E-state index is 13.3. The van der Waals surface area contributed by atoms with E-state index in [1.165, 1.54) is 20.2 Å². The molecule has 0 fully saturated rings. The molecule has 0 aliphatic rings. The van der Waals surface area contributed by atoms with Crippen molar-refractivity contribution >= 4 is 41.3 Å². The van der Waals surface area contributed by atoms with Gasteiger partial charge in [-0.25, -0.2) is 9.59 Å². The van der Waals surface area contributed by atoms with Gasteiger partial charge >= 0.3 is 12.0 Å². The quantitative estimate of drug-likeness (QED) is 0.155. The van der Waals surface area contributed by atoms with Gasteiger partial charge in [-0.15, -0.1) is 0 Å². The first-order chi connectivity index (χ1) is 19.3. The van der Waals surface area contributed by atoms with Gasteiger partial charge in [0, 0.05) is 18.1 Å². The van der Waals surface area contributed by atoms with E-state index in [9.17, 15) is 24.0 Å². The monoisotopic (exact) mass is 593 g/mol. The van der Waals surface area contributed by atoms with E-state index < -0.39 is 48.0 Å². The van der Waals surface area contributed by atoms with Gasteiger partial charge in [-0.05, 0) is 42.4 Å². The van der Waals surface area contributed by atoms with E-state index in [4.69, 9.17) is 16.3 Å². The number of amides is 5. The Morgan fingerprint density at radius 3 is 1.98 bits per heavy atom. The van der Waals surface area contributed by atoms with E-state index >= 15 is 0 Å². The molecule has 41 heavy (non-hydrogen) atoms. The van der Waals surface area contributed by atoms with Crippen LogP contribution in [0.25, 0.3) is 0 Å². The highest BCUT2D eigenvalue weighted by Gasteiger charge is 2.31. The van der Waals surface area contributed by atoms with Gasteiger partial charge in [0.25, 0.3) is 0 Å². The number of halogens is 1. The molecule has 0 unspecified atom stereocenters. The average molecular weight is 594 g/mol. The molecule has 0 saturated heterocycles. The van der Waals surface area contributed by atoms with Gasteiger partial charge in [-0.2, -0.15) is 0 Å². The van der Waals surface area contributed by atoms with E-state index in [2.05, 4.69) is 26.6 Å². The number of benzene rings is 1. The summed E-state index contributed by atoms with van der Waals surface area (Å²) in [6.07, 6.45) is 4.26. The second-order valence-electron chi connectivity index (χ2n) is 10.4. The number of ether oxygens (including phenoxy) is 1. The molecule has 5 N–H and O–H groups in total. The maximum absolute atomic E-state index is 13.3. The summed E-state index contributed by atoms with van der Waals surface area (Å²) in [4.78, 5) is 63.2. The van der Waals surface area contributed by atoms with Crippen LogP contribution in [0.5, 0.6) is 0 Å². The smallest absolute Gasteiger partial charge is 0.328 e. The molecule has 0 aliphatic carbocycles. The fourth-order valence-electron chi connectivity index (χ4n) is 3.91. The van der Waals surface area contributed by atoms with Crippen molar-refractivity contribution in [2.45, 2.75) is 78.0 Å².